The summed E-state index contributed by atoms with van der Waals surface area (Å²) >= 11 is 5.86. The molecule has 1 unspecified atom stereocenters. The summed E-state index contributed by atoms with van der Waals surface area (Å²) in [5.41, 5.74) is 1.01. The fourth-order valence-corrected chi connectivity index (χ4v) is 2.57. The summed E-state index contributed by atoms with van der Waals surface area (Å²) in [5.74, 6) is 0.734. The highest BCUT2D eigenvalue weighted by Crippen LogP contribution is 2.22. The number of aromatic nitrogens is 1. The molecule has 0 aliphatic rings. The van der Waals surface area contributed by atoms with E-state index >= 15 is 0 Å². The zero-order valence-electron chi connectivity index (χ0n) is 12.5. The first kappa shape index (κ1) is 15.4. The van der Waals surface area contributed by atoms with Crippen LogP contribution in [0, 0.1) is 0 Å². The maximum Gasteiger partial charge on any atom is 0.222 e. The van der Waals surface area contributed by atoms with Crippen molar-refractivity contribution in [1.29, 1.82) is 0 Å². The van der Waals surface area contributed by atoms with Crippen LogP contribution in [0.15, 0.2) is 71.6 Å². The molecule has 2 heterocycles. The number of hydrogen-bond acceptors (Lipinski definition) is 2. The Morgan fingerprint density at radius 1 is 1.13 bits per heavy atom. The summed E-state index contributed by atoms with van der Waals surface area (Å²) in [4.78, 5) is 12.3. The van der Waals surface area contributed by atoms with Crippen LogP contribution in [0.1, 0.15) is 23.8 Å². The molecule has 3 aromatic rings. The molecule has 0 saturated heterocycles. The van der Waals surface area contributed by atoms with Crippen molar-refractivity contribution in [1.82, 2.24) is 9.88 Å². The first-order valence-electron chi connectivity index (χ1n) is 7.39. The number of nitrogens with zero attached hydrogens (tertiary/aromatic N) is 1. The van der Waals surface area contributed by atoms with Gasteiger partial charge in [0.15, 0.2) is 0 Å². The zero-order chi connectivity index (χ0) is 16.1. The van der Waals surface area contributed by atoms with E-state index in [0.717, 1.165) is 11.3 Å². The van der Waals surface area contributed by atoms with E-state index in [1.54, 1.807) is 6.26 Å². The van der Waals surface area contributed by atoms with E-state index in [9.17, 15) is 4.79 Å². The highest BCUT2D eigenvalue weighted by atomic mass is 35.5. The molecule has 0 fully saturated rings. The van der Waals surface area contributed by atoms with Crippen LogP contribution in [0.2, 0.25) is 5.02 Å². The third-order valence-corrected chi connectivity index (χ3v) is 3.89. The minimum absolute atomic E-state index is 0.0324. The predicted octanol–water partition coefficient (Wildman–Crippen LogP) is 4.03. The molecule has 0 aliphatic carbocycles. The fourth-order valence-electron chi connectivity index (χ4n) is 2.44. The smallest absolute Gasteiger partial charge is 0.222 e. The molecule has 0 radical (unpaired) electrons. The lowest BCUT2D eigenvalue weighted by molar-refractivity contribution is -0.121. The van der Waals surface area contributed by atoms with Crippen molar-refractivity contribution in [3.05, 3.63) is 83.5 Å². The van der Waals surface area contributed by atoms with E-state index in [2.05, 4.69) is 5.32 Å². The van der Waals surface area contributed by atoms with E-state index in [1.807, 2.05) is 65.5 Å². The van der Waals surface area contributed by atoms with Crippen molar-refractivity contribution in [3.8, 4) is 0 Å². The van der Waals surface area contributed by atoms with E-state index in [1.165, 1.54) is 0 Å². The molecule has 0 saturated carbocycles. The van der Waals surface area contributed by atoms with Crippen LogP contribution >= 0.6 is 11.6 Å². The van der Waals surface area contributed by atoms with Gasteiger partial charge >= 0.3 is 0 Å². The van der Waals surface area contributed by atoms with Gasteiger partial charge in [-0.2, -0.15) is 0 Å². The lowest BCUT2D eigenvalue weighted by atomic mass is 10.1. The average molecular weight is 329 g/mol. The van der Waals surface area contributed by atoms with Gasteiger partial charge in [-0.05, 0) is 42.0 Å². The van der Waals surface area contributed by atoms with Crippen molar-refractivity contribution in [2.24, 2.45) is 0 Å². The molecule has 1 aromatic carbocycles. The van der Waals surface area contributed by atoms with Crippen LogP contribution in [0.25, 0.3) is 0 Å². The third kappa shape index (κ3) is 4.05. The summed E-state index contributed by atoms with van der Waals surface area (Å²) in [6.07, 6.45) is 5.80. The molecule has 1 amide bonds. The van der Waals surface area contributed by atoms with Crippen LogP contribution in [0.4, 0.5) is 0 Å². The van der Waals surface area contributed by atoms with Gasteiger partial charge in [-0.3, -0.25) is 4.79 Å². The molecule has 0 spiro atoms. The Kier molecular flexibility index (Phi) is 4.83. The van der Waals surface area contributed by atoms with E-state index in [4.69, 9.17) is 16.0 Å². The maximum absolute atomic E-state index is 12.3. The predicted molar refractivity (Wildman–Crippen MR) is 89.2 cm³/mol. The SMILES string of the molecule is O=C(CC(c1ccco1)n1cccc1)NCc1ccc(Cl)cc1. The van der Waals surface area contributed by atoms with Gasteiger partial charge in [0, 0.05) is 24.0 Å². The zero-order valence-corrected chi connectivity index (χ0v) is 13.2. The molecular weight excluding hydrogens is 312 g/mol. The second kappa shape index (κ2) is 7.20. The summed E-state index contributed by atoms with van der Waals surface area (Å²) in [7, 11) is 0. The minimum Gasteiger partial charge on any atom is -0.467 e. The Balaban J connectivity index is 1.63. The van der Waals surface area contributed by atoms with Gasteiger partial charge in [0.25, 0.3) is 0 Å². The number of carbonyl (C=O) groups is 1. The van der Waals surface area contributed by atoms with Crippen LogP contribution in [0.5, 0.6) is 0 Å². The number of nitrogens with one attached hydrogen (secondary N) is 1. The molecule has 5 heteroatoms. The van der Waals surface area contributed by atoms with E-state index < -0.39 is 0 Å². The number of benzene rings is 1. The first-order valence-corrected chi connectivity index (χ1v) is 7.77. The van der Waals surface area contributed by atoms with E-state index in [0.29, 0.717) is 18.0 Å². The Morgan fingerprint density at radius 3 is 2.52 bits per heavy atom. The lowest BCUT2D eigenvalue weighted by Gasteiger charge is -2.16. The Labute approximate surface area is 139 Å². The molecule has 2 aromatic heterocycles. The molecule has 118 valence electrons. The largest absolute Gasteiger partial charge is 0.467 e. The molecule has 3 rings (SSSR count). The third-order valence-electron chi connectivity index (χ3n) is 3.64. The van der Waals surface area contributed by atoms with Crippen LogP contribution < -0.4 is 5.32 Å². The lowest BCUT2D eigenvalue weighted by Crippen LogP contribution is -2.26. The second-order valence-electron chi connectivity index (χ2n) is 5.27. The first-order chi connectivity index (χ1) is 11.2. The summed E-state index contributed by atoms with van der Waals surface area (Å²) in [6, 6.07) is 14.9. The normalized spacial score (nSPS) is 12.0. The Hall–Kier alpha value is -2.46. The Bertz CT molecular complexity index is 700. The van der Waals surface area contributed by atoms with E-state index in [-0.39, 0.29) is 11.9 Å². The molecular formula is C18H17ClN2O2. The van der Waals surface area contributed by atoms with Gasteiger partial charge in [-0.15, -0.1) is 0 Å². The number of hydrogen-bond donors (Lipinski definition) is 1. The average Bonchev–Trinajstić information content (AvgIpc) is 3.25. The van der Waals surface area contributed by atoms with Crippen molar-refractivity contribution in [3.63, 3.8) is 0 Å². The molecule has 1 N–H and O–H groups in total. The number of amides is 1. The molecule has 23 heavy (non-hydrogen) atoms. The molecule has 4 nitrogen and oxygen atoms in total. The summed E-state index contributed by atoms with van der Waals surface area (Å²) in [5, 5.41) is 3.62. The quantitative estimate of drug-likeness (QED) is 0.742. The van der Waals surface area contributed by atoms with Crippen LogP contribution in [0.3, 0.4) is 0 Å². The van der Waals surface area contributed by atoms with Gasteiger partial charge < -0.3 is 14.3 Å². The number of halogens is 1. The second-order valence-corrected chi connectivity index (χ2v) is 5.71. The standard InChI is InChI=1S/C18H17ClN2O2/c19-15-7-5-14(6-8-15)13-20-18(22)12-16(17-4-3-11-23-17)21-9-1-2-10-21/h1-11,16H,12-13H2,(H,20,22). The summed E-state index contributed by atoms with van der Waals surface area (Å²) < 4.78 is 7.45. The Morgan fingerprint density at radius 2 is 1.87 bits per heavy atom. The number of carbonyl (C=O) groups excluding carboxylic acids is 1. The minimum atomic E-state index is -0.148. The fraction of sp³-hybridized carbons (Fsp3) is 0.167. The van der Waals surface area contributed by atoms with Crippen LogP contribution in [-0.4, -0.2) is 10.5 Å². The van der Waals surface area contributed by atoms with Gasteiger partial charge in [0.1, 0.15) is 5.76 Å². The van der Waals surface area contributed by atoms with Crippen molar-refractivity contribution >= 4 is 17.5 Å². The maximum atomic E-state index is 12.3. The van der Waals surface area contributed by atoms with Crippen molar-refractivity contribution in [2.45, 2.75) is 19.0 Å². The van der Waals surface area contributed by atoms with Crippen LogP contribution in [-0.2, 0) is 11.3 Å². The number of furan rings is 1. The molecule has 0 aliphatic heterocycles. The monoisotopic (exact) mass is 328 g/mol. The van der Waals surface area contributed by atoms with Gasteiger partial charge in [-0.25, -0.2) is 0 Å². The van der Waals surface area contributed by atoms with Crippen molar-refractivity contribution in [2.75, 3.05) is 0 Å². The molecule has 0 bridgehead atoms. The highest BCUT2D eigenvalue weighted by Gasteiger charge is 2.19. The van der Waals surface area contributed by atoms with Gasteiger partial charge in [0.05, 0.1) is 18.7 Å². The highest BCUT2D eigenvalue weighted by molar-refractivity contribution is 6.30. The van der Waals surface area contributed by atoms with Gasteiger partial charge in [0.2, 0.25) is 5.91 Å². The van der Waals surface area contributed by atoms with Crippen molar-refractivity contribution < 1.29 is 9.21 Å². The molecule has 1 atom stereocenters. The van der Waals surface area contributed by atoms with Gasteiger partial charge in [-0.1, -0.05) is 23.7 Å². The number of rotatable bonds is 6. The summed E-state index contributed by atoms with van der Waals surface area (Å²) in [6.45, 7) is 0.479. The topological polar surface area (TPSA) is 47.2 Å².